The SMILES string of the molecule is CCNCc1cncc(-c2cc(F)c3n[nH]c(-c4nc5c(-c6ccc(F)s6)nccc5[nH]4)c3c2)c1. The smallest absolute Gasteiger partial charge is 0.177 e. The van der Waals surface area contributed by atoms with Crippen LogP contribution in [0.1, 0.15) is 12.5 Å². The van der Waals surface area contributed by atoms with Crippen LogP contribution in [0.25, 0.3) is 55.2 Å². The zero-order valence-corrected chi connectivity index (χ0v) is 19.4. The average Bonchev–Trinajstić information content (AvgIpc) is 3.60. The quantitative estimate of drug-likeness (QED) is 0.281. The fourth-order valence-electron chi connectivity index (χ4n) is 4.11. The van der Waals surface area contributed by atoms with Crippen LogP contribution in [0.15, 0.2) is 55.0 Å². The summed E-state index contributed by atoms with van der Waals surface area (Å²) in [5, 5.41) is 10.7. The maximum absolute atomic E-state index is 15.1. The highest BCUT2D eigenvalue weighted by atomic mass is 32.1. The molecule has 0 fully saturated rings. The maximum atomic E-state index is 15.1. The Morgan fingerprint density at radius 2 is 1.94 bits per heavy atom. The molecule has 7 nitrogen and oxygen atoms in total. The van der Waals surface area contributed by atoms with Gasteiger partial charge in [-0.05, 0) is 54.1 Å². The Kier molecular flexibility index (Phi) is 5.31. The van der Waals surface area contributed by atoms with Crippen molar-refractivity contribution in [1.82, 2.24) is 35.5 Å². The third kappa shape index (κ3) is 3.86. The summed E-state index contributed by atoms with van der Waals surface area (Å²) in [6, 6.07) is 10.2. The summed E-state index contributed by atoms with van der Waals surface area (Å²) in [4.78, 5) is 17.4. The van der Waals surface area contributed by atoms with Crippen molar-refractivity contribution in [2.75, 3.05) is 6.54 Å². The lowest BCUT2D eigenvalue weighted by Gasteiger charge is -2.06. The van der Waals surface area contributed by atoms with Gasteiger partial charge in [0.1, 0.15) is 22.4 Å². The number of nitrogens with one attached hydrogen (secondary N) is 3. The molecule has 5 heterocycles. The molecular formula is C25H19F2N7S. The first-order valence-electron chi connectivity index (χ1n) is 11.0. The first-order valence-corrected chi connectivity index (χ1v) is 11.9. The molecule has 174 valence electrons. The first-order chi connectivity index (χ1) is 17.1. The zero-order chi connectivity index (χ0) is 23.9. The van der Waals surface area contributed by atoms with Crippen molar-refractivity contribution < 1.29 is 8.78 Å². The molecule has 6 aromatic rings. The Hall–Kier alpha value is -4.02. The van der Waals surface area contributed by atoms with Crippen molar-refractivity contribution in [2.45, 2.75) is 13.5 Å². The van der Waals surface area contributed by atoms with Crippen LogP contribution in [0.3, 0.4) is 0 Å². The van der Waals surface area contributed by atoms with Crippen LogP contribution in [0, 0.1) is 10.9 Å². The Balaban J connectivity index is 1.47. The molecular weight excluding hydrogens is 468 g/mol. The molecule has 0 saturated heterocycles. The Labute approximate surface area is 202 Å². The minimum Gasteiger partial charge on any atom is -0.337 e. The van der Waals surface area contributed by atoms with E-state index in [9.17, 15) is 4.39 Å². The van der Waals surface area contributed by atoms with Gasteiger partial charge in [-0.1, -0.05) is 6.92 Å². The summed E-state index contributed by atoms with van der Waals surface area (Å²) >= 11 is 1.01. The fourth-order valence-corrected chi connectivity index (χ4v) is 4.84. The van der Waals surface area contributed by atoms with Gasteiger partial charge in [0.15, 0.2) is 16.8 Å². The standard InChI is InChI=1S/C25H19F2N7S/c1-2-28-10-13-7-15(12-29-11-13)14-8-16-21(17(26)9-14)33-34-22(16)25-31-18-5-6-30-24(23(18)32-25)19-3-4-20(27)35-19/h3-9,11-12,28H,2,10H2,1H3,(H,31,32)(H,33,34). The fraction of sp³-hybridized carbons (Fsp3) is 0.120. The molecule has 0 aliphatic rings. The van der Waals surface area contributed by atoms with E-state index in [0.717, 1.165) is 34.5 Å². The molecule has 35 heavy (non-hydrogen) atoms. The number of H-pyrrole nitrogens is 2. The van der Waals surface area contributed by atoms with Crippen LogP contribution in [-0.4, -0.2) is 36.7 Å². The van der Waals surface area contributed by atoms with E-state index in [-0.39, 0.29) is 10.6 Å². The minimum absolute atomic E-state index is 0.222. The molecule has 0 aliphatic heterocycles. The summed E-state index contributed by atoms with van der Waals surface area (Å²) in [6.07, 6.45) is 5.16. The molecule has 0 amide bonds. The normalized spacial score (nSPS) is 11.6. The van der Waals surface area contributed by atoms with Crippen molar-refractivity contribution in [2.24, 2.45) is 0 Å². The second-order valence-corrected chi connectivity index (χ2v) is 9.09. The summed E-state index contributed by atoms with van der Waals surface area (Å²) in [5.74, 6) is 0.0500. The molecule has 6 rings (SSSR count). The van der Waals surface area contributed by atoms with Crippen molar-refractivity contribution in [3.8, 4) is 33.2 Å². The number of pyridine rings is 2. The molecule has 1 aromatic carbocycles. The van der Waals surface area contributed by atoms with Gasteiger partial charge in [-0.2, -0.15) is 9.49 Å². The number of aromatic nitrogens is 6. The van der Waals surface area contributed by atoms with Crippen LogP contribution in [0.2, 0.25) is 0 Å². The van der Waals surface area contributed by atoms with Gasteiger partial charge in [0, 0.05) is 36.1 Å². The first kappa shape index (κ1) is 21.5. The third-order valence-electron chi connectivity index (χ3n) is 5.76. The predicted molar refractivity (Wildman–Crippen MR) is 133 cm³/mol. The van der Waals surface area contributed by atoms with Crippen LogP contribution < -0.4 is 5.32 Å². The topological polar surface area (TPSA) is 95.2 Å². The van der Waals surface area contributed by atoms with E-state index in [2.05, 4.69) is 30.5 Å². The number of benzene rings is 1. The predicted octanol–water partition coefficient (Wildman–Crippen LogP) is 5.68. The number of hydrogen-bond acceptors (Lipinski definition) is 6. The summed E-state index contributed by atoms with van der Waals surface area (Å²) in [6.45, 7) is 3.57. The number of rotatable bonds is 6. The molecule has 0 saturated carbocycles. The van der Waals surface area contributed by atoms with E-state index in [1.807, 2.05) is 19.1 Å². The minimum atomic E-state index is -0.440. The van der Waals surface area contributed by atoms with Gasteiger partial charge in [-0.25, -0.2) is 9.37 Å². The number of hydrogen-bond donors (Lipinski definition) is 3. The molecule has 0 aliphatic carbocycles. The van der Waals surface area contributed by atoms with Crippen molar-refractivity contribution in [1.29, 1.82) is 0 Å². The largest absolute Gasteiger partial charge is 0.337 e. The van der Waals surface area contributed by atoms with Crippen molar-refractivity contribution in [3.05, 3.63) is 71.5 Å². The van der Waals surface area contributed by atoms with Crippen LogP contribution in [0.5, 0.6) is 0 Å². The van der Waals surface area contributed by atoms with Gasteiger partial charge in [0.05, 0.1) is 10.4 Å². The van der Waals surface area contributed by atoms with Gasteiger partial charge in [-0.15, -0.1) is 11.3 Å². The number of nitrogens with zero attached hydrogens (tertiary/aromatic N) is 4. The van der Waals surface area contributed by atoms with Crippen LogP contribution in [0.4, 0.5) is 8.78 Å². The molecule has 0 radical (unpaired) electrons. The maximum Gasteiger partial charge on any atom is 0.177 e. The molecule has 0 unspecified atom stereocenters. The number of imidazole rings is 1. The Bertz CT molecular complexity index is 1680. The van der Waals surface area contributed by atoms with Crippen molar-refractivity contribution in [3.63, 3.8) is 0 Å². The number of fused-ring (bicyclic) bond motifs is 2. The highest BCUT2D eigenvalue weighted by Gasteiger charge is 2.19. The van der Waals surface area contributed by atoms with E-state index < -0.39 is 5.82 Å². The summed E-state index contributed by atoms with van der Waals surface area (Å²) < 4.78 is 28.7. The lowest BCUT2D eigenvalue weighted by atomic mass is 10.0. The highest BCUT2D eigenvalue weighted by Crippen LogP contribution is 2.35. The molecule has 0 spiro atoms. The van der Waals surface area contributed by atoms with Crippen LogP contribution >= 0.6 is 11.3 Å². The van der Waals surface area contributed by atoms with Crippen molar-refractivity contribution >= 4 is 33.3 Å². The number of halogens is 2. The average molecular weight is 488 g/mol. The van der Waals surface area contributed by atoms with E-state index in [1.54, 1.807) is 30.7 Å². The highest BCUT2D eigenvalue weighted by molar-refractivity contribution is 7.13. The summed E-state index contributed by atoms with van der Waals surface area (Å²) in [7, 11) is 0. The number of aromatic amines is 2. The van der Waals surface area contributed by atoms with Gasteiger partial charge in [0.2, 0.25) is 0 Å². The van der Waals surface area contributed by atoms with Crippen LogP contribution in [-0.2, 0) is 6.54 Å². The molecule has 5 aromatic heterocycles. The van der Waals surface area contributed by atoms with Gasteiger partial charge in [-0.3, -0.25) is 15.1 Å². The molecule has 10 heteroatoms. The van der Waals surface area contributed by atoms with E-state index in [1.165, 1.54) is 12.1 Å². The lowest BCUT2D eigenvalue weighted by Crippen LogP contribution is -2.11. The Morgan fingerprint density at radius 1 is 1.03 bits per heavy atom. The molecule has 0 bridgehead atoms. The zero-order valence-electron chi connectivity index (χ0n) is 18.6. The van der Waals surface area contributed by atoms with E-state index in [0.29, 0.717) is 45.1 Å². The number of thiophene rings is 1. The van der Waals surface area contributed by atoms with Gasteiger partial charge < -0.3 is 10.3 Å². The Morgan fingerprint density at radius 3 is 2.77 bits per heavy atom. The van der Waals surface area contributed by atoms with Gasteiger partial charge in [0.25, 0.3) is 0 Å². The van der Waals surface area contributed by atoms with E-state index >= 15 is 4.39 Å². The lowest BCUT2D eigenvalue weighted by molar-refractivity contribution is 0.636. The second-order valence-electron chi connectivity index (χ2n) is 8.06. The van der Waals surface area contributed by atoms with Gasteiger partial charge >= 0.3 is 0 Å². The van der Waals surface area contributed by atoms with E-state index in [4.69, 9.17) is 4.98 Å². The summed E-state index contributed by atoms with van der Waals surface area (Å²) in [5.41, 5.74) is 5.21. The second kappa shape index (κ2) is 8.64. The monoisotopic (exact) mass is 487 g/mol. The molecule has 3 N–H and O–H groups in total. The molecule has 0 atom stereocenters. The third-order valence-corrected chi connectivity index (χ3v) is 6.64.